The summed E-state index contributed by atoms with van der Waals surface area (Å²) in [5, 5.41) is 15.7. The van der Waals surface area contributed by atoms with Gasteiger partial charge in [-0.25, -0.2) is 9.38 Å². The SMILES string of the molecule is CC(C)(C)OC(=O)CC[C@@]1(C(=O)NCc2ccc(F)cc2)N=C(c2ccc(OCCCO)cc2)O[C@@H]1c1ccccc1N=[N+]=[N-]. The lowest BCUT2D eigenvalue weighted by Gasteiger charge is -2.31. The number of hydrogen-bond acceptors (Lipinski definition) is 8. The Labute approximate surface area is 260 Å². The fourth-order valence-corrected chi connectivity index (χ4v) is 4.82. The molecule has 3 aromatic rings. The summed E-state index contributed by atoms with van der Waals surface area (Å²) < 4.78 is 31.1. The van der Waals surface area contributed by atoms with Crippen LogP contribution in [0.3, 0.4) is 0 Å². The van der Waals surface area contributed by atoms with Gasteiger partial charge in [0.1, 0.15) is 17.2 Å². The Morgan fingerprint density at radius 1 is 1.11 bits per heavy atom. The highest BCUT2D eigenvalue weighted by Crippen LogP contribution is 2.46. The van der Waals surface area contributed by atoms with Crippen LogP contribution in [0.5, 0.6) is 5.75 Å². The van der Waals surface area contributed by atoms with E-state index in [0.717, 1.165) is 0 Å². The third-order valence-corrected chi connectivity index (χ3v) is 6.90. The normalized spacial score (nSPS) is 17.4. The van der Waals surface area contributed by atoms with Crippen molar-refractivity contribution in [2.75, 3.05) is 13.2 Å². The first-order valence-electron chi connectivity index (χ1n) is 14.5. The molecular formula is C33H36FN5O6. The van der Waals surface area contributed by atoms with Crippen molar-refractivity contribution in [3.63, 3.8) is 0 Å². The molecule has 4 rings (SSSR count). The van der Waals surface area contributed by atoms with Gasteiger partial charge < -0.3 is 24.6 Å². The molecule has 3 aromatic carbocycles. The van der Waals surface area contributed by atoms with Gasteiger partial charge in [0, 0.05) is 47.7 Å². The number of aliphatic hydroxyl groups excluding tert-OH is 1. The number of ether oxygens (including phenoxy) is 3. The Morgan fingerprint density at radius 2 is 1.82 bits per heavy atom. The quantitative estimate of drug-likeness (QED) is 0.0762. The van der Waals surface area contributed by atoms with Crippen LogP contribution in [-0.2, 0) is 25.6 Å². The molecule has 11 nitrogen and oxygen atoms in total. The van der Waals surface area contributed by atoms with E-state index in [2.05, 4.69) is 15.3 Å². The molecule has 1 aliphatic rings. The van der Waals surface area contributed by atoms with Gasteiger partial charge in [-0.15, -0.1) is 0 Å². The number of nitrogens with zero attached hydrogens (tertiary/aromatic N) is 4. The smallest absolute Gasteiger partial charge is 0.306 e. The molecule has 0 unspecified atom stereocenters. The van der Waals surface area contributed by atoms with Crippen LogP contribution in [0.1, 0.15) is 62.8 Å². The van der Waals surface area contributed by atoms with Crippen LogP contribution in [0.2, 0.25) is 0 Å². The molecule has 1 amide bonds. The number of aliphatic imine (C=N–C) groups is 1. The van der Waals surface area contributed by atoms with Crippen LogP contribution in [-0.4, -0.2) is 47.2 Å². The molecule has 1 heterocycles. The number of aliphatic hydroxyl groups is 1. The molecular weight excluding hydrogens is 581 g/mol. The molecule has 236 valence electrons. The second-order valence-electron chi connectivity index (χ2n) is 11.4. The Kier molecular flexibility index (Phi) is 10.8. The van der Waals surface area contributed by atoms with E-state index in [-0.39, 0.29) is 37.6 Å². The number of carbonyl (C=O) groups excluding carboxylic acids is 2. The lowest BCUT2D eigenvalue weighted by Crippen LogP contribution is -2.48. The average Bonchev–Trinajstić information content (AvgIpc) is 3.40. The van der Waals surface area contributed by atoms with Crippen molar-refractivity contribution in [3.05, 3.63) is 106 Å². The van der Waals surface area contributed by atoms with Crippen LogP contribution < -0.4 is 10.1 Å². The molecule has 0 aliphatic carbocycles. The minimum atomic E-state index is -1.69. The summed E-state index contributed by atoms with van der Waals surface area (Å²) in [7, 11) is 0. The molecule has 2 atom stereocenters. The second-order valence-corrected chi connectivity index (χ2v) is 11.4. The topological polar surface area (TPSA) is 155 Å². The van der Waals surface area contributed by atoms with Gasteiger partial charge >= 0.3 is 5.97 Å². The van der Waals surface area contributed by atoms with Crippen molar-refractivity contribution in [1.82, 2.24) is 5.32 Å². The summed E-state index contributed by atoms with van der Waals surface area (Å²) in [6.45, 7) is 5.66. The highest BCUT2D eigenvalue weighted by atomic mass is 19.1. The fourth-order valence-electron chi connectivity index (χ4n) is 4.82. The summed E-state index contributed by atoms with van der Waals surface area (Å²) >= 11 is 0. The van der Waals surface area contributed by atoms with Gasteiger partial charge in [0.15, 0.2) is 11.6 Å². The number of benzene rings is 3. The van der Waals surface area contributed by atoms with E-state index in [4.69, 9.17) is 24.3 Å². The standard InChI is InChI=1S/C33H36FN5O6/c1-32(2,3)45-28(41)17-18-33(31(42)36-21-22-9-13-24(34)14-10-22)29(26-7-4-5-8-27(26)38-39-35)44-30(37-33)23-11-15-25(16-12-23)43-20-6-19-40/h4-5,7-16,29,40H,6,17-21H2,1-3H3,(H,36,42)/t29-,33-/m1/s1. The van der Waals surface area contributed by atoms with E-state index >= 15 is 0 Å². The van der Waals surface area contributed by atoms with Gasteiger partial charge in [0.25, 0.3) is 5.91 Å². The monoisotopic (exact) mass is 617 g/mol. The third-order valence-electron chi connectivity index (χ3n) is 6.90. The minimum Gasteiger partial charge on any atom is -0.494 e. The van der Waals surface area contributed by atoms with Crippen molar-refractivity contribution in [3.8, 4) is 5.75 Å². The average molecular weight is 618 g/mol. The van der Waals surface area contributed by atoms with Crippen LogP contribution in [0.4, 0.5) is 10.1 Å². The molecule has 0 bridgehead atoms. The number of carbonyl (C=O) groups is 2. The van der Waals surface area contributed by atoms with Gasteiger partial charge in [-0.3, -0.25) is 9.59 Å². The van der Waals surface area contributed by atoms with Crippen LogP contribution in [0, 0.1) is 5.82 Å². The molecule has 2 N–H and O–H groups in total. The van der Waals surface area contributed by atoms with Crippen molar-refractivity contribution in [2.24, 2.45) is 10.1 Å². The molecule has 0 fully saturated rings. The minimum absolute atomic E-state index is 0.00996. The maximum absolute atomic E-state index is 14.3. The largest absolute Gasteiger partial charge is 0.494 e. The van der Waals surface area contributed by atoms with Gasteiger partial charge in [0.05, 0.1) is 6.61 Å². The summed E-state index contributed by atoms with van der Waals surface area (Å²) in [6, 6.07) is 19.3. The van der Waals surface area contributed by atoms with E-state index in [9.17, 15) is 19.5 Å². The highest BCUT2D eigenvalue weighted by molar-refractivity contribution is 6.01. The lowest BCUT2D eigenvalue weighted by molar-refractivity contribution is -0.155. The van der Waals surface area contributed by atoms with Crippen LogP contribution >= 0.6 is 0 Å². The Morgan fingerprint density at radius 3 is 2.49 bits per heavy atom. The van der Waals surface area contributed by atoms with E-state index in [1.165, 1.54) is 12.1 Å². The molecule has 12 heteroatoms. The Bertz CT molecular complexity index is 1570. The third kappa shape index (κ3) is 8.59. The highest BCUT2D eigenvalue weighted by Gasteiger charge is 2.53. The summed E-state index contributed by atoms with van der Waals surface area (Å²) in [6.07, 6.45) is -0.875. The van der Waals surface area contributed by atoms with Crippen LogP contribution in [0.15, 0.2) is 82.9 Å². The summed E-state index contributed by atoms with van der Waals surface area (Å²) in [5.74, 6) is -0.765. The van der Waals surface area contributed by atoms with E-state index in [1.807, 2.05) is 0 Å². The zero-order valence-corrected chi connectivity index (χ0v) is 25.4. The zero-order valence-electron chi connectivity index (χ0n) is 25.4. The van der Waals surface area contributed by atoms with E-state index < -0.39 is 34.9 Å². The number of hydrogen-bond donors (Lipinski definition) is 2. The fraction of sp³-hybridized carbons (Fsp3) is 0.364. The zero-order chi connectivity index (χ0) is 32.5. The second kappa shape index (κ2) is 14.7. The van der Waals surface area contributed by atoms with Crippen molar-refractivity contribution in [2.45, 2.75) is 63.8 Å². The number of amides is 1. The van der Waals surface area contributed by atoms with Crippen molar-refractivity contribution >= 4 is 23.5 Å². The molecule has 0 saturated carbocycles. The first-order valence-corrected chi connectivity index (χ1v) is 14.5. The lowest BCUT2D eigenvalue weighted by atomic mass is 9.82. The molecule has 0 saturated heterocycles. The predicted octanol–water partition coefficient (Wildman–Crippen LogP) is 6.22. The maximum atomic E-state index is 14.3. The van der Waals surface area contributed by atoms with E-state index in [0.29, 0.717) is 35.5 Å². The first kappa shape index (κ1) is 33.0. The number of azide groups is 1. The van der Waals surface area contributed by atoms with Gasteiger partial charge in [-0.2, -0.15) is 0 Å². The van der Waals surface area contributed by atoms with Crippen LogP contribution in [0.25, 0.3) is 10.4 Å². The maximum Gasteiger partial charge on any atom is 0.306 e. The number of halogens is 1. The summed E-state index contributed by atoms with van der Waals surface area (Å²) in [4.78, 5) is 35.0. The number of rotatable bonds is 13. The number of nitrogens with one attached hydrogen (secondary N) is 1. The van der Waals surface area contributed by atoms with E-state index in [1.54, 1.807) is 81.4 Å². The predicted molar refractivity (Wildman–Crippen MR) is 165 cm³/mol. The van der Waals surface area contributed by atoms with Gasteiger partial charge in [-0.1, -0.05) is 41.5 Å². The van der Waals surface area contributed by atoms with Gasteiger partial charge in [-0.05, 0) is 74.7 Å². The van der Waals surface area contributed by atoms with Crippen molar-refractivity contribution in [1.29, 1.82) is 0 Å². The van der Waals surface area contributed by atoms with Gasteiger partial charge in [0.2, 0.25) is 5.90 Å². The molecule has 0 radical (unpaired) electrons. The molecule has 45 heavy (non-hydrogen) atoms. The number of esters is 1. The van der Waals surface area contributed by atoms with Crippen molar-refractivity contribution < 1.29 is 33.3 Å². The Balaban J connectivity index is 1.77. The summed E-state index contributed by atoms with van der Waals surface area (Å²) in [5.41, 5.74) is 8.67. The first-order chi connectivity index (χ1) is 21.5. The Hall–Kier alpha value is -4.93. The molecule has 0 aromatic heterocycles. The molecule has 1 aliphatic heterocycles. The molecule has 0 spiro atoms.